The van der Waals surface area contributed by atoms with Gasteiger partial charge in [-0.15, -0.1) is 0 Å². The van der Waals surface area contributed by atoms with Crippen LogP contribution in [-0.4, -0.2) is 50.5 Å². The molecule has 0 saturated carbocycles. The fourth-order valence-electron chi connectivity index (χ4n) is 3.58. The third-order valence-electron chi connectivity index (χ3n) is 5.21. The van der Waals surface area contributed by atoms with E-state index < -0.39 is 0 Å². The second-order valence-corrected chi connectivity index (χ2v) is 8.50. The summed E-state index contributed by atoms with van der Waals surface area (Å²) in [5.41, 5.74) is 0.698. The summed E-state index contributed by atoms with van der Waals surface area (Å²) in [6.07, 6.45) is 2.59. The Kier molecular flexibility index (Phi) is 7.80. The molecule has 0 radical (unpaired) electrons. The lowest BCUT2D eigenvalue weighted by atomic mass is 9.84. The van der Waals surface area contributed by atoms with Crippen LogP contribution in [0.3, 0.4) is 0 Å². The van der Waals surface area contributed by atoms with Crippen LogP contribution >= 0.6 is 23.2 Å². The zero-order valence-corrected chi connectivity index (χ0v) is 18.1. The first kappa shape index (κ1) is 21.8. The minimum absolute atomic E-state index is 0.120. The lowest BCUT2D eigenvalue weighted by molar-refractivity contribution is -0.121. The van der Waals surface area contributed by atoms with Crippen molar-refractivity contribution in [2.75, 3.05) is 33.7 Å². The molecule has 27 heavy (non-hydrogen) atoms. The number of aliphatic imine (C=N–C) groups is 1. The SMILES string of the molecule is CN=C(NCC(C)(C)c1c(Cl)cccc1Cl)N1CCC(CC(=O)NC)CC1. The Bertz CT molecular complexity index is 662. The number of guanidine groups is 1. The molecule has 1 aromatic rings. The van der Waals surface area contributed by atoms with E-state index in [1.165, 1.54) is 0 Å². The molecule has 1 heterocycles. The van der Waals surface area contributed by atoms with E-state index in [0.717, 1.165) is 37.5 Å². The molecular weight excluding hydrogens is 383 g/mol. The molecule has 0 unspecified atom stereocenters. The van der Waals surface area contributed by atoms with E-state index in [1.54, 1.807) is 14.1 Å². The lowest BCUT2D eigenvalue weighted by Crippen LogP contribution is -2.49. The van der Waals surface area contributed by atoms with E-state index in [0.29, 0.717) is 28.9 Å². The van der Waals surface area contributed by atoms with Gasteiger partial charge >= 0.3 is 0 Å². The molecule has 1 aromatic carbocycles. The Morgan fingerprint density at radius 2 is 1.85 bits per heavy atom. The Balaban J connectivity index is 1.95. The first-order valence-corrected chi connectivity index (χ1v) is 10.1. The van der Waals surface area contributed by atoms with Crippen molar-refractivity contribution >= 4 is 35.1 Å². The molecule has 5 nitrogen and oxygen atoms in total. The molecule has 2 N–H and O–H groups in total. The largest absolute Gasteiger partial charge is 0.359 e. The molecule has 1 aliphatic rings. The van der Waals surface area contributed by atoms with Crippen molar-refractivity contribution in [3.8, 4) is 0 Å². The zero-order chi connectivity index (χ0) is 20.0. The topological polar surface area (TPSA) is 56.7 Å². The van der Waals surface area contributed by atoms with Crippen molar-refractivity contribution in [3.05, 3.63) is 33.8 Å². The third kappa shape index (κ3) is 5.76. The van der Waals surface area contributed by atoms with Gasteiger partial charge in [0, 0.05) is 55.6 Å². The molecule has 1 saturated heterocycles. The van der Waals surface area contributed by atoms with Gasteiger partial charge in [-0.05, 0) is 36.5 Å². The zero-order valence-electron chi connectivity index (χ0n) is 16.6. The summed E-state index contributed by atoms with van der Waals surface area (Å²) in [4.78, 5) is 18.3. The van der Waals surface area contributed by atoms with E-state index in [9.17, 15) is 4.79 Å². The average molecular weight is 413 g/mol. The minimum atomic E-state index is -0.247. The summed E-state index contributed by atoms with van der Waals surface area (Å²) in [5, 5.41) is 7.55. The van der Waals surface area contributed by atoms with Crippen LogP contribution < -0.4 is 10.6 Å². The second-order valence-electron chi connectivity index (χ2n) is 7.69. The summed E-state index contributed by atoms with van der Waals surface area (Å²) >= 11 is 12.8. The van der Waals surface area contributed by atoms with E-state index >= 15 is 0 Å². The van der Waals surface area contributed by atoms with Gasteiger partial charge in [0.25, 0.3) is 0 Å². The maximum atomic E-state index is 11.6. The van der Waals surface area contributed by atoms with Crippen molar-refractivity contribution in [2.24, 2.45) is 10.9 Å². The minimum Gasteiger partial charge on any atom is -0.359 e. The molecule has 150 valence electrons. The highest BCUT2D eigenvalue weighted by molar-refractivity contribution is 6.36. The molecule has 0 spiro atoms. The summed E-state index contributed by atoms with van der Waals surface area (Å²) in [5.74, 6) is 1.44. The van der Waals surface area contributed by atoms with Crippen LogP contribution in [0.5, 0.6) is 0 Å². The fraction of sp³-hybridized carbons (Fsp3) is 0.600. The standard InChI is InChI=1S/C20H30Cl2N4O/c1-20(2,18-15(21)6-5-7-16(18)22)13-25-19(24-4)26-10-8-14(9-11-26)12-17(27)23-3/h5-7,14H,8-13H2,1-4H3,(H,23,27)(H,24,25). The molecule has 1 fully saturated rings. The van der Waals surface area contributed by atoms with Crippen molar-refractivity contribution in [1.29, 1.82) is 0 Å². The summed E-state index contributed by atoms with van der Waals surface area (Å²) in [6.45, 7) is 6.70. The van der Waals surface area contributed by atoms with E-state index in [-0.39, 0.29) is 11.3 Å². The Morgan fingerprint density at radius 3 is 2.37 bits per heavy atom. The fourth-order valence-corrected chi connectivity index (χ4v) is 4.49. The van der Waals surface area contributed by atoms with Crippen molar-refractivity contribution < 1.29 is 4.79 Å². The van der Waals surface area contributed by atoms with Gasteiger partial charge in [-0.25, -0.2) is 0 Å². The van der Waals surface area contributed by atoms with Crippen LogP contribution in [0.4, 0.5) is 0 Å². The normalized spacial score (nSPS) is 16.4. The molecular formula is C20H30Cl2N4O. The van der Waals surface area contributed by atoms with Gasteiger partial charge in [0.05, 0.1) is 0 Å². The van der Waals surface area contributed by atoms with Crippen LogP contribution in [0.25, 0.3) is 0 Å². The van der Waals surface area contributed by atoms with Crippen LogP contribution in [-0.2, 0) is 10.2 Å². The number of carbonyl (C=O) groups excluding carboxylic acids is 1. The van der Waals surface area contributed by atoms with Gasteiger partial charge in [-0.3, -0.25) is 9.79 Å². The van der Waals surface area contributed by atoms with E-state index in [2.05, 4.69) is 34.4 Å². The quantitative estimate of drug-likeness (QED) is 0.572. The molecule has 0 aromatic heterocycles. The molecule has 0 aliphatic carbocycles. The molecule has 0 atom stereocenters. The predicted octanol–water partition coefficient (Wildman–Crippen LogP) is 3.69. The molecule has 7 heteroatoms. The van der Waals surface area contributed by atoms with Crippen LogP contribution in [0, 0.1) is 5.92 Å². The third-order valence-corrected chi connectivity index (χ3v) is 5.84. The van der Waals surface area contributed by atoms with Gasteiger partial charge < -0.3 is 15.5 Å². The maximum absolute atomic E-state index is 11.6. The monoisotopic (exact) mass is 412 g/mol. The predicted molar refractivity (Wildman–Crippen MR) is 114 cm³/mol. The van der Waals surface area contributed by atoms with Crippen molar-refractivity contribution in [1.82, 2.24) is 15.5 Å². The summed E-state index contributed by atoms with van der Waals surface area (Å²) < 4.78 is 0. The van der Waals surface area contributed by atoms with Gasteiger partial charge in [-0.2, -0.15) is 0 Å². The van der Waals surface area contributed by atoms with Gasteiger partial charge in [0.15, 0.2) is 5.96 Å². The van der Waals surface area contributed by atoms with Crippen molar-refractivity contribution in [2.45, 2.75) is 38.5 Å². The van der Waals surface area contributed by atoms with Crippen LogP contribution in [0.1, 0.15) is 38.7 Å². The highest BCUT2D eigenvalue weighted by Gasteiger charge is 2.28. The molecule has 1 aliphatic heterocycles. The van der Waals surface area contributed by atoms with Gasteiger partial charge in [0.2, 0.25) is 5.91 Å². The number of halogens is 2. The molecule has 1 amide bonds. The van der Waals surface area contributed by atoms with E-state index in [1.807, 2.05) is 18.2 Å². The van der Waals surface area contributed by atoms with Crippen LogP contribution in [0.2, 0.25) is 10.0 Å². The number of nitrogens with zero attached hydrogens (tertiary/aromatic N) is 2. The van der Waals surface area contributed by atoms with E-state index in [4.69, 9.17) is 23.2 Å². The molecule has 0 bridgehead atoms. The first-order valence-electron chi connectivity index (χ1n) is 9.39. The number of nitrogens with one attached hydrogen (secondary N) is 2. The highest BCUT2D eigenvalue weighted by atomic mass is 35.5. The number of carbonyl (C=O) groups is 1. The Labute approximate surface area is 172 Å². The highest BCUT2D eigenvalue weighted by Crippen LogP contribution is 2.35. The van der Waals surface area contributed by atoms with Crippen molar-refractivity contribution in [3.63, 3.8) is 0 Å². The van der Waals surface area contributed by atoms with Gasteiger partial charge in [0.1, 0.15) is 0 Å². The van der Waals surface area contributed by atoms with Gasteiger partial charge in [-0.1, -0.05) is 43.1 Å². The number of piperidine rings is 1. The number of amides is 1. The maximum Gasteiger partial charge on any atom is 0.220 e. The smallest absolute Gasteiger partial charge is 0.220 e. The summed E-state index contributed by atoms with van der Waals surface area (Å²) in [7, 11) is 3.49. The second kappa shape index (κ2) is 9.65. The average Bonchev–Trinajstić information content (AvgIpc) is 2.63. The number of hydrogen-bond donors (Lipinski definition) is 2. The first-order chi connectivity index (χ1) is 12.8. The summed E-state index contributed by atoms with van der Waals surface area (Å²) in [6, 6.07) is 5.60. The molecule has 2 rings (SSSR count). The number of likely N-dealkylation sites (tertiary alicyclic amines) is 1. The lowest BCUT2D eigenvalue weighted by Gasteiger charge is -2.36. The number of benzene rings is 1. The number of hydrogen-bond acceptors (Lipinski definition) is 2. The Morgan fingerprint density at radius 1 is 1.26 bits per heavy atom. The number of rotatable bonds is 5. The van der Waals surface area contributed by atoms with Crippen LogP contribution in [0.15, 0.2) is 23.2 Å². The Hall–Kier alpha value is -1.46.